The molecule has 0 bridgehead atoms. The van der Waals surface area contributed by atoms with Crippen LogP contribution in [0.25, 0.3) is 0 Å². The average Bonchev–Trinajstić information content (AvgIpc) is 2.84. The van der Waals surface area contributed by atoms with Crippen molar-refractivity contribution in [1.82, 2.24) is 0 Å². The van der Waals surface area contributed by atoms with Gasteiger partial charge in [-0.05, 0) is 87.0 Å². The number of carbonyl (C=O) groups is 1. The van der Waals surface area contributed by atoms with Gasteiger partial charge in [0, 0.05) is 0 Å². The Labute approximate surface area is 196 Å². The van der Waals surface area contributed by atoms with Crippen LogP contribution in [0.4, 0.5) is 0 Å². The minimum atomic E-state index is -0.0417. The molecule has 0 radical (unpaired) electrons. The maximum atomic E-state index is 12.7. The van der Waals surface area contributed by atoms with Crippen LogP contribution in [0, 0.1) is 23.7 Å². The van der Waals surface area contributed by atoms with Crippen molar-refractivity contribution in [2.24, 2.45) is 23.7 Å². The maximum absolute atomic E-state index is 12.7. The summed E-state index contributed by atoms with van der Waals surface area (Å²) in [6.07, 6.45) is 19.1. The van der Waals surface area contributed by atoms with E-state index in [0.29, 0.717) is 5.75 Å². The van der Waals surface area contributed by atoms with Gasteiger partial charge in [0.15, 0.2) is 0 Å². The Balaban J connectivity index is 1.34. The van der Waals surface area contributed by atoms with E-state index in [4.69, 9.17) is 9.47 Å². The SMILES string of the molecule is CCCCCCOc1ccc(OC(=O)C2CCC(C3CCC(CCCC)CC3)CC2)cc1. The second-order valence-electron chi connectivity index (χ2n) is 10.3. The molecule has 1 aromatic carbocycles. The summed E-state index contributed by atoms with van der Waals surface area (Å²) >= 11 is 0. The molecule has 2 aliphatic carbocycles. The summed E-state index contributed by atoms with van der Waals surface area (Å²) in [7, 11) is 0. The van der Waals surface area contributed by atoms with Gasteiger partial charge in [-0.3, -0.25) is 4.79 Å². The zero-order valence-electron chi connectivity index (χ0n) is 20.7. The molecule has 3 rings (SSSR count). The van der Waals surface area contributed by atoms with Gasteiger partial charge in [0.05, 0.1) is 12.5 Å². The number of esters is 1. The van der Waals surface area contributed by atoms with Crippen LogP contribution in [-0.2, 0) is 4.79 Å². The molecule has 0 atom stereocenters. The zero-order chi connectivity index (χ0) is 22.6. The van der Waals surface area contributed by atoms with Crippen molar-refractivity contribution in [3.8, 4) is 11.5 Å². The van der Waals surface area contributed by atoms with Crippen molar-refractivity contribution >= 4 is 5.97 Å². The molecule has 2 aliphatic rings. The predicted molar refractivity (Wildman–Crippen MR) is 132 cm³/mol. The molecule has 3 nitrogen and oxygen atoms in total. The number of unbranched alkanes of at least 4 members (excludes halogenated alkanes) is 4. The number of ether oxygens (including phenoxy) is 2. The first-order valence-electron chi connectivity index (χ1n) is 13.6. The second-order valence-corrected chi connectivity index (χ2v) is 10.3. The molecule has 32 heavy (non-hydrogen) atoms. The Bertz CT molecular complexity index is 637. The molecule has 180 valence electrons. The van der Waals surface area contributed by atoms with Gasteiger partial charge >= 0.3 is 5.97 Å². The van der Waals surface area contributed by atoms with Gasteiger partial charge in [-0.15, -0.1) is 0 Å². The molecule has 0 spiro atoms. The van der Waals surface area contributed by atoms with E-state index in [9.17, 15) is 4.79 Å². The second kappa shape index (κ2) is 13.9. The number of hydrogen-bond acceptors (Lipinski definition) is 3. The minimum Gasteiger partial charge on any atom is -0.494 e. The van der Waals surface area contributed by atoms with E-state index >= 15 is 0 Å². The van der Waals surface area contributed by atoms with Crippen LogP contribution in [0.1, 0.15) is 110 Å². The highest BCUT2D eigenvalue weighted by Crippen LogP contribution is 2.42. The standard InChI is InChI=1S/C29H46O3/c1-3-5-7-8-22-31-27-18-20-28(21-19-27)32-29(30)26-16-14-25(15-17-26)24-12-10-23(11-13-24)9-6-4-2/h18-21,23-26H,3-17,22H2,1-2H3. The molecule has 0 saturated heterocycles. The molecule has 0 N–H and O–H groups in total. The van der Waals surface area contributed by atoms with Crippen LogP contribution in [0.3, 0.4) is 0 Å². The first-order chi connectivity index (χ1) is 15.7. The van der Waals surface area contributed by atoms with Crippen LogP contribution >= 0.6 is 0 Å². The Morgan fingerprint density at radius 3 is 1.97 bits per heavy atom. The van der Waals surface area contributed by atoms with Crippen molar-refractivity contribution in [2.75, 3.05) is 6.61 Å². The molecule has 0 aliphatic heterocycles. The number of benzene rings is 1. The van der Waals surface area contributed by atoms with Crippen LogP contribution in [-0.4, -0.2) is 12.6 Å². The highest BCUT2D eigenvalue weighted by atomic mass is 16.5. The third-order valence-electron chi connectivity index (χ3n) is 7.94. The van der Waals surface area contributed by atoms with E-state index in [0.717, 1.165) is 49.4 Å². The van der Waals surface area contributed by atoms with Crippen LogP contribution < -0.4 is 9.47 Å². The lowest BCUT2D eigenvalue weighted by molar-refractivity contribution is -0.140. The van der Waals surface area contributed by atoms with Gasteiger partial charge in [0.2, 0.25) is 0 Å². The van der Waals surface area contributed by atoms with E-state index in [1.165, 1.54) is 77.0 Å². The van der Waals surface area contributed by atoms with Crippen LogP contribution in [0.2, 0.25) is 0 Å². The minimum absolute atomic E-state index is 0.0417. The number of rotatable bonds is 12. The summed E-state index contributed by atoms with van der Waals surface area (Å²) < 4.78 is 11.5. The normalized spacial score (nSPS) is 25.9. The highest BCUT2D eigenvalue weighted by Gasteiger charge is 2.33. The summed E-state index contributed by atoms with van der Waals surface area (Å²) in [6, 6.07) is 7.55. The lowest BCUT2D eigenvalue weighted by Crippen LogP contribution is -2.30. The van der Waals surface area contributed by atoms with E-state index in [2.05, 4.69) is 13.8 Å². The summed E-state index contributed by atoms with van der Waals surface area (Å²) in [5.41, 5.74) is 0. The van der Waals surface area contributed by atoms with E-state index in [1.807, 2.05) is 24.3 Å². The fraction of sp³-hybridized carbons (Fsp3) is 0.759. The fourth-order valence-electron chi connectivity index (χ4n) is 5.79. The van der Waals surface area contributed by atoms with E-state index in [-0.39, 0.29) is 11.9 Å². The van der Waals surface area contributed by atoms with Gasteiger partial charge in [0.25, 0.3) is 0 Å². The van der Waals surface area contributed by atoms with Gasteiger partial charge in [-0.2, -0.15) is 0 Å². The van der Waals surface area contributed by atoms with Crippen molar-refractivity contribution < 1.29 is 14.3 Å². The maximum Gasteiger partial charge on any atom is 0.314 e. The van der Waals surface area contributed by atoms with Crippen molar-refractivity contribution in [3.05, 3.63) is 24.3 Å². The Hall–Kier alpha value is -1.51. The first-order valence-corrected chi connectivity index (χ1v) is 13.6. The number of hydrogen-bond donors (Lipinski definition) is 0. The van der Waals surface area contributed by atoms with Crippen molar-refractivity contribution in [1.29, 1.82) is 0 Å². The third kappa shape index (κ3) is 8.12. The Morgan fingerprint density at radius 2 is 1.34 bits per heavy atom. The number of carbonyl (C=O) groups excluding carboxylic acids is 1. The molecular weight excluding hydrogens is 396 g/mol. The molecule has 3 heteroatoms. The average molecular weight is 443 g/mol. The highest BCUT2D eigenvalue weighted by molar-refractivity contribution is 5.75. The third-order valence-corrected chi connectivity index (χ3v) is 7.94. The van der Waals surface area contributed by atoms with Crippen LogP contribution in [0.15, 0.2) is 24.3 Å². The smallest absolute Gasteiger partial charge is 0.314 e. The Morgan fingerprint density at radius 1 is 0.750 bits per heavy atom. The fourth-order valence-corrected chi connectivity index (χ4v) is 5.79. The van der Waals surface area contributed by atoms with Gasteiger partial charge in [-0.1, -0.05) is 65.2 Å². The van der Waals surface area contributed by atoms with E-state index in [1.54, 1.807) is 0 Å². The summed E-state index contributed by atoms with van der Waals surface area (Å²) in [5, 5.41) is 0. The summed E-state index contributed by atoms with van der Waals surface area (Å²) in [4.78, 5) is 12.7. The zero-order valence-corrected chi connectivity index (χ0v) is 20.7. The van der Waals surface area contributed by atoms with Gasteiger partial charge < -0.3 is 9.47 Å². The lowest BCUT2D eigenvalue weighted by atomic mass is 9.68. The first kappa shape index (κ1) is 25.1. The topological polar surface area (TPSA) is 35.5 Å². The Kier molecular flexibility index (Phi) is 10.9. The van der Waals surface area contributed by atoms with E-state index < -0.39 is 0 Å². The van der Waals surface area contributed by atoms with Crippen LogP contribution in [0.5, 0.6) is 11.5 Å². The molecule has 1 aromatic rings. The van der Waals surface area contributed by atoms with Gasteiger partial charge in [0.1, 0.15) is 11.5 Å². The quantitative estimate of drug-likeness (QED) is 0.185. The molecule has 0 heterocycles. The molecule has 2 fully saturated rings. The predicted octanol–water partition coefficient (Wildman–Crippen LogP) is 8.35. The van der Waals surface area contributed by atoms with Gasteiger partial charge in [-0.25, -0.2) is 0 Å². The molecule has 0 amide bonds. The molecule has 0 aromatic heterocycles. The largest absolute Gasteiger partial charge is 0.494 e. The summed E-state index contributed by atoms with van der Waals surface area (Å²) in [6.45, 7) is 5.27. The monoisotopic (exact) mass is 442 g/mol. The summed E-state index contributed by atoms with van der Waals surface area (Å²) in [5.74, 6) is 4.24. The lowest BCUT2D eigenvalue weighted by Gasteiger charge is -2.37. The van der Waals surface area contributed by atoms with Crippen molar-refractivity contribution in [2.45, 2.75) is 110 Å². The van der Waals surface area contributed by atoms with Crippen molar-refractivity contribution in [3.63, 3.8) is 0 Å². The molecule has 2 saturated carbocycles. The molecular formula is C29H46O3. The molecule has 0 unspecified atom stereocenters.